The molecule has 1 aliphatic rings. The van der Waals surface area contributed by atoms with E-state index in [1.54, 1.807) is 6.33 Å². The number of hydrogen-bond acceptors (Lipinski definition) is 3. The van der Waals surface area contributed by atoms with Gasteiger partial charge in [0.1, 0.15) is 18.4 Å². The fourth-order valence-electron chi connectivity index (χ4n) is 1.75. The quantitative estimate of drug-likeness (QED) is 0.642. The van der Waals surface area contributed by atoms with Gasteiger partial charge in [-0.2, -0.15) is 0 Å². The highest BCUT2D eigenvalue weighted by Crippen LogP contribution is 2.41. The monoisotopic (exact) mass is 179 g/mol. The summed E-state index contributed by atoms with van der Waals surface area (Å²) < 4.78 is 1.88. The summed E-state index contributed by atoms with van der Waals surface area (Å²) in [6, 6.07) is 0. The van der Waals surface area contributed by atoms with Crippen molar-refractivity contribution in [3.63, 3.8) is 0 Å². The van der Waals surface area contributed by atoms with Crippen LogP contribution in [0.5, 0.6) is 0 Å². The van der Waals surface area contributed by atoms with Crippen LogP contribution in [0.4, 0.5) is 0 Å². The Morgan fingerprint density at radius 1 is 1.69 bits per heavy atom. The molecule has 1 aliphatic carbocycles. The maximum absolute atomic E-state index is 10.9. The number of aldehydes is 1. The van der Waals surface area contributed by atoms with Gasteiger partial charge in [-0.25, -0.2) is 0 Å². The number of nitrogens with zero attached hydrogens (tertiary/aromatic N) is 3. The second kappa shape index (κ2) is 2.94. The van der Waals surface area contributed by atoms with E-state index in [0.717, 1.165) is 37.8 Å². The highest BCUT2D eigenvalue weighted by molar-refractivity contribution is 5.61. The van der Waals surface area contributed by atoms with Gasteiger partial charge in [-0.1, -0.05) is 6.42 Å². The number of hydrogen-bond donors (Lipinski definition) is 0. The van der Waals surface area contributed by atoms with Crippen LogP contribution in [0.3, 0.4) is 0 Å². The van der Waals surface area contributed by atoms with Crippen LogP contribution < -0.4 is 0 Å². The molecule has 1 aromatic heterocycles. The first-order valence-corrected chi connectivity index (χ1v) is 4.55. The van der Waals surface area contributed by atoms with Crippen molar-refractivity contribution in [2.45, 2.75) is 25.7 Å². The Bertz CT molecular complexity index is 314. The third-order valence-electron chi connectivity index (χ3n) is 2.91. The summed E-state index contributed by atoms with van der Waals surface area (Å²) in [5.41, 5.74) is -0.124. The van der Waals surface area contributed by atoms with Gasteiger partial charge in [-0.05, 0) is 12.8 Å². The molecule has 70 valence electrons. The van der Waals surface area contributed by atoms with E-state index in [1.807, 2.05) is 11.6 Å². The SMILES string of the molecule is Cn1cnnc1CC1(C=O)CCC1. The van der Waals surface area contributed by atoms with Crippen molar-refractivity contribution in [3.05, 3.63) is 12.2 Å². The molecule has 1 fully saturated rings. The highest BCUT2D eigenvalue weighted by Gasteiger charge is 2.37. The first kappa shape index (κ1) is 8.41. The molecule has 0 spiro atoms. The van der Waals surface area contributed by atoms with Crippen molar-refractivity contribution in [2.24, 2.45) is 12.5 Å². The zero-order valence-corrected chi connectivity index (χ0v) is 7.73. The van der Waals surface area contributed by atoms with Crippen LogP contribution >= 0.6 is 0 Å². The maximum atomic E-state index is 10.9. The smallest absolute Gasteiger partial charge is 0.133 e. The van der Waals surface area contributed by atoms with E-state index >= 15 is 0 Å². The zero-order valence-electron chi connectivity index (χ0n) is 7.73. The molecule has 0 bridgehead atoms. The van der Waals surface area contributed by atoms with Crippen LogP contribution in [0, 0.1) is 5.41 Å². The molecule has 0 aromatic carbocycles. The molecule has 0 N–H and O–H groups in total. The molecule has 4 nitrogen and oxygen atoms in total. The van der Waals surface area contributed by atoms with Gasteiger partial charge in [-0.3, -0.25) is 0 Å². The van der Waals surface area contributed by atoms with Crippen LogP contribution in [-0.2, 0) is 18.3 Å². The summed E-state index contributed by atoms with van der Waals surface area (Å²) in [6.07, 6.45) is 6.67. The minimum absolute atomic E-state index is 0.124. The number of carbonyl (C=O) groups excluding carboxylic acids is 1. The second-order valence-corrected chi connectivity index (χ2v) is 3.87. The summed E-state index contributed by atoms with van der Waals surface area (Å²) in [5, 5.41) is 7.78. The van der Waals surface area contributed by atoms with Crippen LogP contribution in [0.1, 0.15) is 25.1 Å². The molecule has 1 saturated carbocycles. The number of aryl methyl sites for hydroxylation is 1. The summed E-state index contributed by atoms with van der Waals surface area (Å²) in [7, 11) is 1.91. The molecular formula is C9H13N3O. The third kappa shape index (κ3) is 1.36. The Kier molecular flexibility index (Phi) is 1.90. The lowest BCUT2D eigenvalue weighted by molar-refractivity contribution is -0.120. The lowest BCUT2D eigenvalue weighted by Gasteiger charge is -2.35. The molecule has 2 rings (SSSR count). The van der Waals surface area contributed by atoms with Crippen LogP contribution in [0.25, 0.3) is 0 Å². The van der Waals surface area contributed by atoms with Crippen LogP contribution in [0.2, 0.25) is 0 Å². The molecule has 0 unspecified atom stereocenters. The predicted octanol–water partition coefficient (Wildman–Crippen LogP) is 0.727. The molecule has 0 atom stereocenters. The van der Waals surface area contributed by atoms with E-state index in [4.69, 9.17) is 0 Å². The molecular weight excluding hydrogens is 166 g/mol. The number of aromatic nitrogens is 3. The van der Waals surface area contributed by atoms with Crippen molar-refractivity contribution >= 4 is 6.29 Å². The fraction of sp³-hybridized carbons (Fsp3) is 0.667. The normalized spacial score (nSPS) is 19.5. The van der Waals surface area contributed by atoms with Gasteiger partial charge >= 0.3 is 0 Å². The Labute approximate surface area is 77.0 Å². The molecule has 4 heteroatoms. The zero-order chi connectivity index (χ0) is 9.31. The highest BCUT2D eigenvalue weighted by atomic mass is 16.1. The predicted molar refractivity (Wildman–Crippen MR) is 47.1 cm³/mol. The van der Waals surface area contributed by atoms with Crippen LogP contribution in [-0.4, -0.2) is 21.1 Å². The molecule has 13 heavy (non-hydrogen) atoms. The summed E-state index contributed by atoms with van der Waals surface area (Å²) in [4.78, 5) is 10.9. The van der Waals surface area contributed by atoms with Gasteiger partial charge < -0.3 is 9.36 Å². The van der Waals surface area contributed by atoms with Gasteiger partial charge in [0.2, 0.25) is 0 Å². The first-order valence-electron chi connectivity index (χ1n) is 4.55. The molecule has 0 amide bonds. The van der Waals surface area contributed by atoms with Gasteiger partial charge in [0, 0.05) is 18.9 Å². The average molecular weight is 179 g/mol. The standard InChI is InChI=1S/C9H13N3O/c1-12-7-10-11-8(12)5-9(6-13)3-2-4-9/h6-7H,2-5H2,1H3. The first-order chi connectivity index (χ1) is 6.26. The Morgan fingerprint density at radius 2 is 2.46 bits per heavy atom. The third-order valence-corrected chi connectivity index (χ3v) is 2.91. The Morgan fingerprint density at radius 3 is 2.85 bits per heavy atom. The van der Waals surface area contributed by atoms with Crippen molar-refractivity contribution < 1.29 is 4.79 Å². The van der Waals surface area contributed by atoms with E-state index in [1.165, 1.54) is 0 Å². The van der Waals surface area contributed by atoms with Crippen molar-refractivity contribution in [3.8, 4) is 0 Å². The molecule has 1 heterocycles. The Hall–Kier alpha value is -1.19. The fourth-order valence-corrected chi connectivity index (χ4v) is 1.75. The molecule has 1 aromatic rings. The van der Waals surface area contributed by atoms with E-state index in [0.29, 0.717) is 0 Å². The van der Waals surface area contributed by atoms with Crippen LogP contribution in [0.15, 0.2) is 6.33 Å². The topological polar surface area (TPSA) is 47.8 Å². The maximum Gasteiger partial charge on any atom is 0.133 e. The number of carbonyl (C=O) groups is 1. The summed E-state index contributed by atoms with van der Waals surface area (Å²) in [5.74, 6) is 0.909. The van der Waals surface area contributed by atoms with Crippen molar-refractivity contribution in [1.82, 2.24) is 14.8 Å². The van der Waals surface area contributed by atoms with E-state index in [9.17, 15) is 4.79 Å². The van der Waals surface area contributed by atoms with Gasteiger partial charge in [0.15, 0.2) is 0 Å². The lowest BCUT2D eigenvalue weighted by atomic mass is 9.68. The summed E-state index contributed by atoms with van der Waals surface area (Å²) >= 11 is 0. The van der Waals surface area contributed by atoms with Gasteiger partial charge in [0.05, 0.1) is 0 Å². The molecule has 0 radical (unpaired) electrons. The van der Waals surface area contributed by atoms with Gasteiger partial charge in [0.25, 0.3) is 0 Å². The van der Waals surface area contributed by atoms with E-state index < -0.39 is 0 Å². The minimum atomic E-state index is -0.124. The average Bonchev–Trinajstić information content (AvgIpc) is 2.44. The summed E-state index contributed by atoms with van der Waals surface area (Å²) in [6.45, 7) is 0. The minimum Gasteiger partial charge on any atom is -0.321 e. The second-order valence-electron chi connectivity index (χ2n) is 3.87. The Balaban J connectivity index is 2.13. The van der Waals surface area contributed by atoms with E-state index in [-0.39, 0.29) is 5.41 Å². The molecule has 0 aliphatic heterocycles. The molecule has 0 saturated heterocycles. The lowest BCUT2D eigenvalue weighted by Crippen LogP contribution is -2.34. The number of rotatable bonds is 3. The van der Waals surface area contributed by atoms with E-state index in [2.05, 4.69) is 10.2 Å². The van der Waals surface area contributed by atoms with Crippen molar-refractivity contribution in [2.75, 3.05) is 0 Å². The van der Waals surface area contributed by atoms with Gasteiger partial charge in [-0.15, -0.1) is 10.2 Å². The largest absolute Gasteiger partial charge is 0.321 e. The van der Waals surface area contributed by atoms with Crippen molar-refractivity contribution in [1.29, 1.82) is 0 Å².